The van der Waals surface area contributed by atoms with Crippen LogP contribution in [0.25, 0.3) is 0 Å². The van der Waals surface area contributed by atoms with Crippen LogP contribution in [0.15, 0.2) is 17.7 Å². The fourth-order valence-electron chi connectivity index (χ4n) is 5.32. The Kier molecular flexibility index (Phi) is 6.70. The van der Waals surface area contributed by atoms with Gasteiger partial charge in [0.05, 0.1) is 22.8 Å². The van der Waals surface area contributed by atoms with E-state index in [1.54, 1.807) is 0 Å². The average molecular weight is 472 g/mol. The Morgan fingerprint density at radius 2 is 2.00 bits per heavy atom. The predicted molar refractivity (Wildman–Crippen MR) is 133 cm³/mol. The summed E-state index contributed by atoms with van der Waals surface area (Å²) in [7, 11) is 0. The number of ether oxygens (including phenoxy) is 1. The van der Waals surface area contributed by atoms with Gasteiger partial charge < -0.3 is 19.8 Å². The SMILES string of the molecule is CC1=CCC(C(O)N(c2cc(C#CC(C)(C)C)sc2C(=O)O)C2CCC3(CC2)CO3)C(C)C1. The van der Waals surface area contributed by atoms with Gasteiger partial charge in [-0.25, -0.2) is 4.79 Å². The summed E-state index contributed by atoms with van der Waals surface area (Å²) in [6, 6.07) is 1.98. The van der Waals surface area contributed by atoms with Gasteiger partial charge in [0.1, 0.15) is 11.1 Å². The maximum Gasteiger partial charge on any atom is 0.348 e. The van der Waals surface area contributed by atoms with E-state index in [0.717, 1.165) is 50.0 Å². The van der Waals surface area contributed by atoms with Crippen LogP contribution >= 0.6 is 11.3 Å². The highest BCUT2D eigenvalue weighted by Crippen LogP contribution is 2.46. The van der Waals surface area contributed by atoms with Crippen LogP contribution in [0.2, 0.25) is 0 Å². The van der Waals surface area contributed by atoms with Crippen LogP contribution in [0, 0.1) is 29.1 Å². The minimum atomic E-state index is -0.957. The van der Waals surface area contributed by atoms with Crippen LogP contribution in [0.3, 0.4) is 0 Å². The molecule has 6 heteroatoms. The lowest BCUT2D eigenvalue weighted by Crippen LogP contribution is -2.51. The van der Waals surface area contributed by atoms with Crippen LogP contribution < -0.4 is 4.90 Å². The number of nitrogens with zero attached hydrogens (tertiary/aromatic N) is 1. The summed E-state index contributed by atoms with van der Waals surface area (Å²) in [5, 5.41) is 21.8. The smallest absolute Gasteiger partial charge is 0.348 e. The molecule has 5 nitrogen and oxygen atoms in total. The molecule has 1 aromatic rings. The number of epoxide rings is 1. The monoisotopic (exact) mass is 471 g/mol. The van der Waals surface area contributed by atoms with Gasteiger partial charge >= 0.3 is 5.97 Å². The van der Waals surface area contributed by atoms with Gasteiger partial charge in [0.15, 0.2) is 0 Å². The van der Waals surface area contributed by atoms with E-state index in [1.165, 1.54) is 16.9 Å². The van der Waals surface area contributed by atoms with Crippen molar-refractivity contribution >= 4 is 23.0 Å². The third-order valence-electron chi connectivity index (χ3n) is 7.34. The van der Waals surface area contributed by atoms with E-state index in [2.05, 4.69) is 31.8 Å². The summed E-state index contributed by atoms with van der Waals surface area (Å²) >= 11 is 1.22. The first-order chi connectivity index (χ1) is 15.5. The molecule has 1 saturated heterocycles. The van der Waals surface area contributed by atoms with Gasteiger partial charge in [0.25, 0.3) is 0 Å². The largest absolute Gasteiger partial charge is 0.477 e. The Morgan fingerprint density at radius 3 is 2.55 bits per heavy atom. The lowest BCUT2D eigenvalue weighted by Gasteiger charge is -2.45. The van der Waals surface area contributed by atoms with E-state index in [4.69, 9.17) is 4.74 Å². The third-order valence-corrected chi connectivity index (χ3v) is 8.37. The molecule has 2 N–H and O–H groups in total. The molecule has 1 saturated carbocycles. The van der Waals surface area contributed by atoms with Crippen molar-refractivity contribution < 1.29 is 19.7 Å². The lowest BCUT2D eigenvalue weighted by molar-refractivity contribution is 0.0560. The van der Waals surface area contributed by atoms with Gasteiger partial charge in [-0.1, -0.05) is 30.4 Å². The van der Waals surface area contributed by atoms with Crippen LogP contribution in [-0.4, -0.2) is 40.7 Å². The number of rotatable bonds is 5. The van der Waals surface area contributed by atoms with Crippen LogP contribution in [0.1, 0.15) is 87.7 Å². The molecule has 3 unspecified atom stereocenters. The highest BCUT2D eigenvalue weighted by Gasteiger charge is 2.49. The quantitative estimate of drug-likeness (QED) is 0.250. The van der Waals surface area contributed by atoms with Crippen molar-refractivity contribution in [2.24, 2.45) is 17.3 Å². The minimum Gasteiger partial charge on any atom is -0.477 e. The number of allylic oxidation sites excluding steroid dienone is 2. The number of carboxylic acid groups (broad SMARTS) is 1. The minimum absolute atomic E-state index is 0.0404. The summed E-state index contributed by atoms with van der Waals surface area (Å²) in [5.74, 6) is 5.84. The van der Waals surface area contributed by atoms with E-state index in [1.807, 2.05) is 31.7 Å². The van der Waals surface area contributed by atoms with Gasteiger partial charge in [-0.05, 0) is 78.2 Å². The zero-order chi connectivity index (χ0) is 24.0. The normalized spacial score (nSPS) is 30.2. The number of carbonyl (C=O) groups is 1. The number of anilines is 1. The fourth-order valence-corrected chi connectivity index (χ4v) is 6.17. The van der Waals surface area contributed by atoms with Gasteiger partial charge in [0, 0.05) is 17.4 Å². The predicted octanol–water partition coefficient (Wildman–Crippen LogP) is 5.67. The molecule has 2 fully saturated rings. The Balaban J connectivity index is 1.71. The van der Waals surface area contributed by atoms with Crippen molar-refractivity contribution in [1.29, 1.82) is 0 Å². The highest BCUT2D eigenvalue weighted by atomic mass is 32.1. The number of thiophene rings is 1. The number of carboxylic acids is 1. The number of aliphatic hydroxyl groups excluding tert-OH is 1. The number of hydrogen-bond acceptors (Lipinski definition) is 5. The summed E-state index contributed by atoms with van der Waals surface area (Å²) in [5.41, 5.74) is 1.86. The lowest BCUT2D eigenvalue weighted by atomic mass is 9.78. The van der Waals surface area contributed by atoms with Gasteiger partial charge in [0.2, 0.25) is 0 Å². The van der Waals surface area contributed by atoms with E-state index >= 15 is 0 Å². The molecule has 1 aliphatic heterocycles. The Labute approximate surface area is 201 Å². The molecule has 33 heavy (non-hydrogen) atoms. The van der Waals surface area contributed by atoms with Crippen LogP contribution in [0.4, 0.5) is 5.69 Å². The first kappa shape index (κ1) is 24.3. The Hall–Kier alpha value is -1.81. The molecule has 0 radical (unpaired) electrons. The van der Waals surface area contributed by atoms with Crippen molar-refractivity contribution in [3.05, 3.63) is 27.5 Å². The molecule has 0 amide bonds. The van der Waals surface area contributed by atoms with Crippen molar-refractivity contribution in [1.82, 2.24) is 0 Å². The third kappa shape index (κ3) is 5.48. The van der Waals surface area contributed by atoms with Gasteiger partial charge in [-0.15, -0.1) is 11.3 Å². The average Bonchev–Trinajstić information content (AvgIpc) is 3.34. The Morgan fingerprint density at radius 1 is 1.33 bits per heavy atom. The second kappa shape index (κ2) is 9.09. The number of aliphatic hydroxyl groups is 1. The molecule has 4 rings (SSSR count). The van der Waals surface area contributed by atoms with Crippen LogP contribution in [0.5, 0.6) is 0 Å². The van der Waals surface area contributed by atoms with Crippen molar-refractivity contribution in [2.75, 3.05) is 11.5 Å². The van der Waals surface area contributed by atoms with Crippen molar-refractivity contribution in [2.45, 2.75) is 91.0 Å². The molecular weight excluding hydrogens is 434 g/mol. The first-order valence-electron chi connectivity index (χ1n) is 12.1. The molecule has 2 aliphatic carbocycles. The van der Waals surface area contributed by atoms with Gasteiger partial charge in [-0.3, -0.25) is 0 Å². The van der Waals surface area contributed by atoms with E-state index < -0.39 is 12.2 Å². The number of hydrogen-bond donors (Lipinski definition) is 2. The standard InChI is InChI=1S/C27H37NO4S/c1-17-6-7-21(18(2)14-17)24(29)28(19-8-12-27(13-9-19)16-32-27)22-15-20(10-11-26(3,4)5)33-23(22)25(30)31/h6,15,18-19,21,24,29H,7-9,12-14,16H2,1-5H3,(H,30,31). The second-order valence-corrected chi connectivity index (χ2v) is 12.3. The zero-order valence-electron chi connectivity index (χ0n) is 20.5. The van der Waals surface area contributed by atoms with Crippen molar-refractivity contribution in [3.63, 3.8) is 0 Å². The topological polar surface area (TPSA) is 73.3 Å². The summed E-state index contributed by atoms with van der Waals surface area (Å²) in [6.45, 7) is 11.3. The molecule has 0 bridgehead atoms. The van der Waals surface area contributed by atoms with Crippen molar-refractivity contribution in [3.8, 4) is 11.8 Å². The Bertz CT molecular complexity index is 978. The molecule has 180 valence electrons. The van der Waals surface area contributed by atoms with E-state index in [9.17, 15) is 15.0 Å². The molecule has 1 aromatic heterocycles. The first-order valence-corrected chi connectivity index (χ1v) is 13.0. The van der Waals surface area contributed by atoms with Gasteiger partial charge in [-0.2, -0.15) is 0 Å². The summed E-state index contributed by atoms with van der Waals surface area (Å²) in [4.78, 5) is 15.3. The highest BCUT2D eigenvalue weighted by molar-refractivity contribution is 7.15. The maximum atomic E-state index is 12.3. The number of aromatic carboxylic acids is 1. The van der Waals surface area contributed by atoms with Crippen LogP contribution in [-0.2, 0) is 4.74 Å². The molecule has 2 heterocycles. The molecule has 1 spiro atoms. The van der Waals surface area contributed by atoms with E-state index in [-0.39, 0.29) is 27.9 Å². The molecule has 3 atom stereocenters. The second-order valence-electron chi connectivity index (χ2n) is 11.3. The fraction of sp³-hybridized carbons (Fsp3) is 0.667. The summed E-state index contributed by atoms with van der Waals surface area (Å²) < 4.78 is 5.71. The molecule has 3 aliphatic rings. The zero-order valence-corrected chi connectivity index (χ0v) is 21.3. The molecular formula is C27H37NO4S. The molecule has 0 aromatic carbocycles. The summed E-state index contributed by atoms with van der Waals surface area (Å²) in [6.07, 6.45) is 6.98. The van der Waals surface area contributed by atoms with E-state index in [0.29, 0.717) is 11.6 Å². The maximum absolute atomic E-state index is 12.3.